The molecule has 5 nitrogen and oxygen atoms in total. The lowest BCUT2D eigenvalue weighted by Crippen LogP contribution is -2.69. The van der Waals surface area contributed by atoms with Gasteiger partial charge < -0.3 is 15.0 Å². The third kappa shape index (κ3) is 3.14. The van der Waals surface area contributed by atoms with E-state index in [-0.39, 0.29) is 17.9 Å². The number of carbonyl (C=O) groups excluding carboxylic acids is 2. The van der Waals surface area contributed by atoms with Crippen molar-refractivity contribution in [3.63, 3.8) is 0 Å². The summed E-state index contributed by atoms with van der Waals surface area (Å²) in [6.07, 6.45) is 4.21. The molecule has 114 valence electrons. The molecule has 2 fully saturated rings. The zero-order chi connectivity index (χ0) is 14.8. The average molecular weight is 282 g/mol. The second kappa shape index (κ2) is 6.12. The highest BCUT2D eigenvalue weighted by Crippen LogP contribution is 2.36. The molecule has 1 unspecified atom stereocenters. The number of nitrogens with one attached hydrogen (secondary N) is 1. The van der Waals surface area contributed by atoms with Crippen LogP contribution in [0.4, 0.5) is 0 Å². The summed E-state index contributed by atoms with van der Waals surface area (Å²) in [6.45, 7) is 7.43. The van der Waals surface area contributed by atoms with Crippen molar-refractivity contribution in [2.75, 3.05) is 19.8 Å². The van der Waals surface area contributed by atoms with Gasteiger partial charge in [-0.25, -0.2) is 0 Å². The van der Waals surface area contributed by atoms with Crippen molar-refractivity contribution in [2.45, 2.75) is 58.0 Å². The number of nitrogens with zero attached hydrogens (tertiary/aromatic N) is 1. The second-order valence-electron chi connectivity index (χ2n) is 6.30. The molecule has 1 N–H and O–H groups in total. The standard InChI is InChI=1S/C15H26N2O3/c1-4-5-9-20-10-8-17-13(18)12(11-6-7-11)16-14(19)15(17,2)3/h11-12H,4-10H2,1-3H3,(H,16,19). The Balaban J connectivity index is 1.94. The first kappa shape index (κ1) is 15.3. The molecular weight excluding hydrogens is 256 g/mol. The SMILES string of the molecule is CCCCOCCN1C(=O)C(C2CC2)NC(=O)C1(C)C. The van der Waals surface area contributed by atoms with Crippen LogP contribution in [0.2, 0.25) is 0 Å². The first-order valence-corrected chi connectivity index (χ1v) is 7.68. The summed E-state index contributed by atoms with van der Waals surface area (Å²) in [6, 6.07) is -0.314. The molecule has 20 heavy (non-hydrogen) atoms. The summed E-state index contributed by atoms with van der Waals surface area (Å²) in [5.41, 5.74) is -0.781. The number of rotatable bonds is 7. The monoisotopic (exact) mass is 282 g/mol. The Hall–Kier alpha value is -1.10. The zero-order valence-electron chi connectivity index (χ0n) is 12.8. The van der Waals surface area contributed by atoms with E-state index in [2.05, 4.69) is 12.2 Å². The Morgan fingerprint density at radius 1 is 1.30 bits per heavy atom. The largest absolute Gasteiger partial charge is 0.380 e. The molecule has 0 radical (unpaired) electrons. The van der Waals surface area contributed by atoms with Crippen molar-refractivity contribution in [1.29, 1.82) is 0 Å². The summed E-state index contributed by atoms with van der Waals surface area (Å²) in [5.74, 6) is 0.338. The Bertz CT molecular complexity index is 377. The van der Waals surface area contributed by atoms with Crippen LogP contribution in [0.5, 0.6) is 0 Å². The number of hydrogen-bond acceptors (Lipinski definition) is 3. The van der Waals surface area contributed by atoms with Gasteiger partial charge in [-0.05, 0) is 39.0 Å². The maximum Gasteiger partial charge on any atom is 0.246 e. The van der Waals surface area contributed by atoms with Crippen molar-refractivity contribution in [3.05, 3.63) is 0 Å². The number of unbranched alkanes of at least 4 members (excludes halogenated alkanes) is 1. The maximum absolute atomic E-state index is 12.5. The van der Waals surface area contributed by atoms with Crippen molar-refractivity contribution in [1.82, 2.24) is 10.2 Å². The van der Waals surface area contributed by atoms with Crippen LogP contribution < -0.4 is 5.32 Å². The fourth-order valence-electron chi connectivity index (χ4n) is 2.59. The summed E-state index contributed by atoms with van der Waals surface area (Å²) >= 11 is 0. The minimum absolute atomic E-state index is 0.0520. The highest BCUT2D eigenvalue weighted by molar-refractivity contribution is 5.99. The number of hydrogen-bond donors (Lipinski definition) is 1. The molecule has 1 aliphatic carbocycles. The number of carbonyl (C=O) groups is 2. The molecular formula is C15H26N2O3. The lowest BCUT2D eigenvalue weighted by molar-refractivity contribution is -0.156. The Kier molecular flexibility index (Phi) is 4.68. The van der Waals surface area contributed by atoms with Crippen LogP contribution in [0.15, 0.2) is 0 Å². The maximum atomic E-state index is 12.5. The summed E-state index contributed by atoms with van der Waals surface area (Å²) in [4.78, 5) is 26.4. The molecule has 0 aromatic heterocycles. The van der Waals surface area contributed by atoms with E-state index in [0.717, 1.165) is 32.3 Å². The van der Waals surface area contributed by atoms with E-state index in [4.69, 9.17) is 4.74 Å². The molecule has 1 saturated heterocycles. The van der Waals surface area contributed by atoms with Gasteiger partial charge >= 0.3 is 0 Å². The minimum Gasteiger partial charge on any atom is -0.380 e. The van der Waals surface area contributed by atoms with Gasteiger partial charge in [-0.3, -0.25) is 9.59 Å². The summed E-state index contributed by atoms with van der Waals surface area (Å²) in [7, 11) is 0. The molecule has 0 aromatic carbocycles. The molecule has 0 aromatic rings. The normalized spacial score (nSPS) is 25.8. The van der Waals surface area contributed by atoms with E-state index in [1.807, 2.05) is 0 Å². The van der Waals surface area contributed by atoms with Crippen molar-refractivity contribution in [3.8, 4) is 0 Å². The van der Waals surface area contributed by atoms with Crippen LogP contribution >= 0.6 is 0 Å². The molecule has 2 rings (SSSR count). The van der Waals surface area contributed by atoms with Crippen LogP contribution in [0.1, 0.15) is 46.5 Å². The molecule has 1 atom stereocenters. The van der Waals surface area contributed by atoms with E-state index in [0.29, 0.717) is 19.1 Å². The molecule has 5 heteroatoms. The lowest BCUT2D eigenvalue weighted by atomic mass is 9.94. The summed E-state index contributed by atoms with van der Waals surface area (Å²) < 4.78 is 5.54. The third-order valence-electron chi connectivity index (χ3n) is 4.24. The molecule has 0 bridgehead atoms. The van der Waals surface area contributed by atoms with Crippen LogP contribution in [0.25, 0.3) is 0 Å². The van der Waals surface area contributed by atoms with Crippen LogP contribution in [0, 0.1) is 5.92 Å². The van der Waals surface area contributed by atoms with Crippen LogP contribution in [0.3, 0.4) is 0 Å². The van der Waals surface area contributed by atoms with Gasteiger partial charge in [0.2, 0.25) is 11.8 Å². The van der Waals surface area contributed by atoms with Gasteiger partial charge in [0.25, 0.3) is 0 Å². The Morgan fingerprint density at radius 2 is 2.00 bits per heavy atom. The molecule has 2 amide bonds. The predicted molar refractivity (Wildman–Crippen MR) is 76.2 cm³/mol. The number of ether oxygens (including phenoxy) is 1. The Morgan fingerprint density at radius 3 is 2.60 bits per heavy atom. The van der Waals surface area contributed by atoms with E-state index >= 15 is 0 Å². The van der Waals surface area contributed by atoms with E-state index in [1.54, 1.807) is 18.7 Å². The molecule has 2 aliphatic rings. The van der Waals surface area contributed by atoms with Gasteiger partial charge in [-0.2, -0.15) is 0 Å². The lowest BCUT2D eigenvalue weighted by Gasteiger charge is -2.44. The third-order valence-corrected chi connectivity index (χ3v) is 4.24. The molecule has 1 aliphatic heterocycles. The van der Waals surface area contributed by atoms with Crippen LogP contribution in [-0.4, -0.2) is 48.1 Å². The number of piperazine rings is 1. The summed E-state index contributed by atoms with van der Waals surface area (Å²) in [5, 5.41) is 2.89. The average Bonchev–Trinajstić information content (AvgIpc) is 3.21. The fourth-order valence-corrected chi connectivity index (χ4v) is 2.59. The topological polar surface area (TPSA) is 58.6 Å². The first-order valence-electron chi connectivity index (χ1n) is 7.68. The van der Waals surface area contributed by atoms with Gasteiger partial charge in [0.05, 0.1) is 6.61 Å². The molecule has 1 heterocycles. The van der Waals surface area contributed by atoms with Gasteiger partial charge in [0.1, 0.15) is 11.6 Å². The highest BCUT2D eigenvalue weighted by Gasteiger charge is 2.50. The van der Waals surface area contributed by atoms with E-state index in [9.17, 15) is 9.59 Å². The smallest absolute Gasteiger partial charge is 0.246 e. The van der Waals surface area contributed by atoms with Gasteiger partial charge in [0, 0.05) is 13.2 Å². The van der Waals surface area contributed by atoms with Gasteiger partial charge in [-0.15, -0.1) is 0 Å². The Labute approximate surface area is 121 Å². The molecule has 1 saturated carbocycles. The predicted octanol–water partition coefficient (Wildman–Crippen LogP) is 1.32. The first-order chi connectivity index (χ1) is 9.48. The van der Waals surface area contributed by atoms with Gasteiger partial charge in [0.15, 0.2) is 0 Å². The van der Waals surface area contributed by atoms with E-state index in [1.165, 1.54) is 0 Å². The van der Waals surface area contributed by atoms with E-state index < -0.39 is 5.54 Å². The fraction of sp³-hybridized carbons (Fsp3) is 0.867. The highest BCUT2D eigenvalue weighted by atomic mass is 16.5. The van der Waals surface area contributed by atoms with Crippen molar-refractivity contribution >= 4 is 11.8 Å². The van der Waals surface area contributed by atoms with Gasteiger partial charge in [-0.1, -0.05) is 13.3 Å². The van der Waals surface area contributed by atoms with Crippen molar-refractivity contribution in [2.24, 2.45) is 5.92 Å². The second-order valence-corrected chi connectivity index (χ2v) is 6.30. The van der Waals surface area contributed by atoms with Crippen LogP contribution in [-0.2, 0) is 14.3 Å². The minimum atomic E-state index is -0.781. The van der Waals surface area contributed by atoms with Crippen molar-refractivity contribution < 1.29 is 14.3 Å². The quantitative estimate of drug-likeness (QED) is 0.716. The molecule has 0 spiro atoms. The number of amides is 2. The zero-order valence-corrected chi connectivity index (χ0v) is 12.8.